The van der Waals surface area contributed by atoms with E-state index in [0.29, 0.717) is 18.6 Å². The highest BCUT2D eigenvalue weighted by Crippen LogP contribution is 2.32. The van der Waals surface area contributed by atoms with Crippen LogP contribution in [0, 0.1) is 10.1 Å². The molecule has 0 aliphatic rings. The summed E-state index contributed by atoms with van der Waals surface area (Å²) in [6, 6.07) is 13.1. The molecule has 0 bridgehead atoms. The Balaban J connectivity index is 0.00000481. The number of fused-ring (bicyclic) bond motifs is 1. The van der Waals surface area contributed by atoms with Gasteiger partial charge in [0.1, 0.15) is 17.1 Å². The van der Waals surface area contributed by atoms with Gasteiger partial charge in [0.2, 0.25) is 0 Å². The zero-order chi connectivity index (χ0) is 25.8. The summed E-state index contributed by atoms with van der Waals surface area (Å²) in [5.41, 5.74) is 3.00. The fourth-order valence-electron chi connectivity index (χ4n) is 4.52. The van der Waals surface area contributed by atoms with Gasteiger partial charge >= 0.3 is 0 Å². The number of nitro groups is 1. The van der Waals surface area contributed by atoms with Crippen molar-refractivity contribution in [2.75, 3.05) is 26.2 Å². The molecule has 2 aromatic carbocycles. The van der Waals surface area contributed by atoms with E-state index in [4.69, 9.17) is 9.15 Å². The number of furan rings is 1. The Hall–Kier alpha value is -2.57. The predicted molar refractivity (Wildman–Crippen MR) is 154 cm³/mol. The summed E-state index contributed by atoms with van der Waals surface area (Å²) in [6.45, 7) is 10.8. The molecule has 0 fully saturated rings. The molecule has 1 aromatic heterocycles. The minimum absolute atomic E-state index is 0. The molecule has 6 nitrogen and oxygen atoms in total. The first kappa shape index (κ1) is 30.7. The van der Waals surface area contributed by atoms with Crippen LogP contribution in [0.5, 0.6) is 5.75 Å². The van der Waals surface area contributed by atoms with Gasteiger partial charge in [0.05, 0.1) is 11.5 Å². The summed E-state index contributed by atoms with van der Waals surface area (Å²) in [6.07, 6.45) is 9.61. The molecule has 204 valence electrons. The van der Waals surface area contributed by atoms with Crippen molar-refractivity contribution in [3.63, 3.8) is 0 Å². The highest BCUT2D eigenvalue weighted by molar-refractivity contribution is 5.85. The van der Waals surface area contributed by atoms with Gasteiger partial charge in [-0.05, 0) is 62.5 Å². The molecular weight excluding hydrogens is 488 g/mol. The van der Waals surface area contributed by atoms with Gasteiger partial charge in [-0.3, -0.25) is 10.1 Å². The Morgan fingerprint density at radius 1 is 0.892 bits per heavy atom. The van der Waals surface area contributed by atoms with Crippen LogP contribution in [0.1, 0.15) is 82.6 Å². The maximum atomic E-state index is 11.3. The van der Waals surface area contributed by atoms with Gasteiger partial charge in [-0.2, -0.15) is 0 Å². The second kappa shape index (κ2) is 16.3. The first-order valence-electron chi connectivity index (χ1n) is 13.7. The van der Waals surface area contributed by atoms with E-state index in [1.165, 1.54) is 44.8 Å². The highest BCUT2D eigenvalue weighted by Gasteiger charge is 2.18. The van der Waals surface area contributed by atoms with Gasteiger partial charge in [0, 0.05) is 42.5 Å². The second-order valence-electron chi connectivity index (χ2n) is 9.62. The van der Waals surface area contributed by atoms with Crippen molar-refractivity contribution in [1.82, 2.24) is 4.90 Å². The van der Waals surface area contributed by atoms with Crippen molar-refractivity contribution >= 4 is 29.1 Å². The molecule has 37 heavy (non-hydrogen) atoms. The molecule has 0 saturated carbocycles. The molecule has 0 N–H and O–H groups in total. The van der Waals surface area contributed by atoms with Crippen molar-refractivity contribution in [1.29, 1.82) is 0 Å². The van der Waals surface area contributed by atoms with Crippen LogP contribution in [-0.2, 0) is 12.8 Å². The minimum atomic E-state index is -0.346. The van der Waals surface area contributed by atoms with Crippen LogP contribution in [0.2, 0.25) is 0 Å². The normalized spacial score (nSPS) is 11.1. The van der Waals surface area contributed by atoms with Gasteiger partial charge in [-0.25, -0.2) is 0 Å². The largest absolute Gasteiger partial charge is 0.494 e. The summed E-state index contributed by atoms with van der Waals surface area (Å²) in [7, 11) is 0. The molecule has 0 radical (unpaired) electrons. The third-order valence-corrected chi connectivity index (χ3v) is 6.67. The number of non-ortho nitro benzene ring substituents is 1. The van der Waals surface area contributed by atoms with Gasteiger partial charge in [-0.15, -0.1) is 12.4 Å². The van der Waals surface area contributed by atoms with Crippen molar-refractivity contribution < 1.29 is 14.1 Å². The molecule has 0 aliphatic heterocycles. The lowest BCUT2D eigenvalue weighted by atomic mass is 9.99. The molecule has 0 spiro atoms. The van der Waals surface area contributed by atoms with Crippen molar-refractivity contribution in [3.8, 4) is 5.75 Å². The van der Waals surface area contributed by atoms with Crippen LogP contribution in [0.3, 0.4) is 0 Å². The second-order valence-corrected chi connectivity index (χ2v) is 9.62. The van der Waals surface area contributed by atoms with E-state index < -0.39 is 0 Å². The smallest absolute Gasteiger partial charge is 0.270 e. The molecule has 1 heterocycles. The Labute approximate surface area is 227 Å². The van der Waals surface area contributed by atoms with Crippen LogP contribution in [0.15, 0.2) is 46.9 Å². The van der Waals surface area contributed by atoms with Crippen molar-refractivity contribution in [2.24, 2.45) is 0 Å². The number of rotatable bonds is 17. The van der Waals surface area contributed by atoms with E-state index in [0.717, 1.165) is 60.3 Å². The third kappa shape index (κ3) is 9.35. The summed E-state index contributed by atoms with van der Waals surface area (Å²) >= 11 is 0. The number of nitro benzene ring substituents is 1. The maximum absolute atomic E-state index is 11.3. The average Bonchev–Trinajstić information content (AvgIpc) is 3.23. The Morgan fingerprint density at radius 2 is 1.54 bits per heavy atom. The maximum Gasteiger partial charge on any atom is 0.270 e. The molecule has 7 heteroatoms. The van der Waals surface area contributed by atoms with Crippen molar-refractivity contribution in [3.05, 3.63) is 69.5 Å². The average molecular weight is 531 g/mol. The van der Waals surface area contributed by atoms with E-state index in [1.807, 2.05) is 12.1 Å². The van der Waals surface area contributed by atoms with Crippen LogP contribution in [0.4, 0.5) is 5.69 Å². The molecule has 0 saturated heterocycles. The number of ether oxygens (including phenoxy) is 1. The zero-order valence-corrected chi connectivity index (χ0v) is 23.5. The molecule has 3 rings (SSSR count). The summed E-state index contributed by atoms with van der Waals surface area (Å²) in [4.78, 5) is 13.5. The predicted octanol–water partition coefficient (Wildman–Crippen LogP) is 8.37. The monoisotopic (exact) mass is 530 g/mol. The van der Waals surface area contributed by atoms with Gasteiger partial charge in [0.25, 0.3) is 5.69 Å². The first-order chi connectivity index (χ1) is 17.5. The van der Waals surface area contributed by atoms with Gasteiger partial charge in [0.15, 0.2) is 0 Å². The standard InChI is InChI=1S/C30H42N2O4.ClH/c1-4-7-11-29-27(28-23-25(32(33)34)14-17-30(28)36-29)22-24-12-15-26(16-13-24)35-21-10-20-31(18-8-5-2)19-9-6-3;/h12-17,23H,4-11,18-22H2,1-3H3;1H. The number of halogens is 1. The SMILES string of the molecule is CCCCc1oc2ccc([N+](=O)[O-])cc2c1Cc1ccc(OCCCN(CCCC)CCCC)cc1.Cl. The number of benzene rings is 2. The van der Waals surface area contributed by atoms with E-state index in [-0.39, 0.29) is 23.0 Å². The Bertz CT molecular complexity index is 1070. The molecule has 0 atom stereocenters. The third-order valence-electron chi connectivity index (χ3n) is 6.67. The lowest BCUT2D eigenvalue weighted by Gasteiger charge is -2.21. The highest BCUT2D eigenvalue weighted by atomic mass is 35.5. The lowest BCUT2D eigenvalue weighted by molar-refractivity contribution is -0.384. The van der Waals surface area contributed by atoms with Crippen LogP contribution in [0.25, 0.3) is 11.0 Å². The number of nitrogens with zero attached hydrogens (tertiary/aromatic N) is 2. The zero-order valence-electron chi connectivity index (χ0n) is 22.7. The number of hydrogen-bond acceptors (Lipinski definition) is 5. The molecule has 3 aromatic rings. The summed E-state index contributed by atoms with van der Waals surface area (Å²) < 4.78 is 12.1. The minimum Gasteiger partial charge on any atom is -0.494 e. The summed E-state index contributed by atoms with van der Waals surface area (Å²) in [5.74, 6) is 1.81. The molecular formula is C30H43ClN2O4. The summed E-state index contributed by atoms with van der Waals surface area (Å²) in [5, 5.41) is 12.2. The topological polar surface area (TPSA) is 68.8 Å². The molecule has 0 amide bonds. The van der Waals surface area contributed by atoms with Crippen LogP contribution >= 0.6 is 12.4 Å². The van der Waals surface area contributed by atoms with Crippen molar-refractivity contribution in [2.45, 2.75) is 78.6 Å². The lowest BCUT2D eigenvalue weighted by Crippen LogP contribution is -2.28. The van der Waals surface area contributed by atoms with Crippen LogP contribution in [-0.4, -0.2) is 36.1 Å². The van der Waals surface area contributed by atoms with E-state index in [1.54, 1.807) is 12.1 Å². The molecule has 0 aliphatic carbocycles. The molecule has 0 unspecified atom stereocenters. The quantitative estimate of drug-likeness (QED) is 0.0995. The fourth-order valence-corrected chi connectivity index (χ4v) is 4.52. The number of aryl methyl sites for hydroxylation is 1. The first-order valence-corrected chi connectivity index (χ1v) is 13.7. The fraction of sp³-hybridized carbons (Fsp3) is 0.533. The number of unbranched alkanes of at least 4 members (excludes halogenated alkanes) is 3. The Morgan fingerprint density at radius 3 is 2.16 bits per heavy atom. The van der Waals surface area contributed by atoms with E-state index in [9.17, 15) is 10.1 Å². The van der Waals surface area contributed by atoms with E-state index in [2.05, 4.69) is 37.8 Å². The number of hydrogen-bond donors (Lipinski definition) is 0. The van der Waals surface area contributed by atoms with Gasteiger partial charge < -0.3 is 14.1 Å². The Kier molecular flexibility index (Phi) is 13.5. The van der Waals surface area contributed by atoms with E-state index >= 15 is 0 Å². The van der Waals surface area contributed by atoms with Crippen LogP contribution < -0.4 is 4.74 Å². The van der Waals surface area contributed by atoms with Gasteiger partial charge in [-0.1, -0.05) is 52.2 Å².